The molecule has 0 saturated carbocycles. The van der Waals surface area contributed by atoms with Crippen LogP contribution in [0.15, 0.2) is 115 Å². The van der Waals surface area contributed by atoms with Crippen LogP contribution in [0.25, 0.3) is 0 Å². The van der Waals surface area contributed by atoms with Crippen molar-refractivity contribution in [3.05, 3.63) is 137 Å². The zero-order chi connectivity index (χ0) is 23.3. The molecule has 0 atom stereocenters. The van der Waals surface area contributed by atoms with Gasteiger partial charge in [0.2, 0.25) is 0 Å². The molecule has 4 rings (SSSR count). The molecule has 0 amide bonds. The largest absolute Gasteiger partial charge is 1.00 e. The molecule has 0 saturated heterocycles. The molecule has 0 fully saturated rings. The molecule has 4 aromatic rings. The molecule has 0 bridgehead atoms. The van der Waals surface area contributed by atoms with Gasteiger partial charge in [0, 0.05) is 25.2 Å². The highest BCUT2D eigenvalue weighted by molar-refractivity contribution is 9.11. The molecule has 0 N–H and O–H groups in total. The summed E-state index contributed by atoms with van der Waals surface area (Å²) < 4.78 is 4.58. The predicted molar refractivity (Wildman–Crippen MR) is 158 cm³/mol. The van der Waals surface area contributed by atoms with Crippen molar-refractivity contribution in [2.75, 3.05) is 0 Å². The maximum Gasteiger partial charge on any atom is 0.0853 e. The van der Waals surface area contributed by atoms with Gasteiger partial charge in [-0.15, -0.1) is 0 Å². The predicted octanol–water partition coefficient (Wildman–Crippen LogP) is 7.86. The lowest BCUT2D eigenvalue weighted by Gasteiger charge is -2.29. The number of benzene rings is 4. The topological polar surface area (TPSA) is 0 Å². The third kappa shape index (κ3) is 8.39. The number of rotatable bonds is 8. The summed E-state index contributed by atoms with van der Waals surface area (Å²) in [4.78, 5) is 0. The highest BCUT2D eigenvalue weighted by atomic mass is 79.9. The number of hydrogen-bond donors (Lipinski definition) is 0. The Morgan fingerprint density at radius 1 is 0.412 bits per heavy atom. The van der Waals surface area contributed by atoms with E-state index in [0.29, 0.717) is 0 Å². The SMILES string of the molecule is Brc1cccc(C[P+](Cc2cccc(Br)c2)(Cc2cccc(Br)c2)Cc2cccc(Br)c2)c1.[Br-]. The zero-order valence-corrected chi connectivity index (χ0v) is 27.2. The summed E-state index contributed by atoms with van der Waals surface area (Å²) in [5.41, 5.74) is 5.60. The Morgan fingerprint density at radius 3 is 0.853 bits per heavy atom. The monoisotopic (exact) mass is 786 g/mol. The molecular weight excluding hydrogens is 767 g/mol. The van der Waals surface area contributed by atoms with Gasteiger partial charge in [0.1, 0.15) is 0 Å². The van der Waals surface area contributed by atoms with Crippen LogP contribution in [0.3, 0.4) is 0 Å². The summed E-state index contributed by atoms with van der Waals surface area (Å²) in [5, 5.41) is 0. The molecule has 0 spiro atoms. The van der Waals surface area contributed by atoms with Crippen molar-refractivity contribution >= 4 is 71.0 Å². The van der Waals surface area contributed by atoms with Gasteiger partial charge < -0.3 is 17.0 Å². The molecule has 0 heterocycles. The van der Waals surface area contributed by atoms with Crippen LogP contribution >= 0.6 is 71.0 Å². The standard InChI is InChI=1S/C28H24Br4P.BrH/c29-25-9-1-5-21(13-25)17-33(18-22-6-2-10-26(30)14-22,19-23-7-3-11-27(31)15-23)20-24-8-4-12-28(32)16-24;/h1-16H,17-20H2;1H/q+1;/p-1. The second kappa shape index (κ2) is 13.3. The van der Waals surface area contributed by atoms with Gasteiger partial charge in [0.05, 0.1) is 24.6 Å². The number of hydrogen-bond acceptors (Lipinski definition) is 0. The van der Waals surface area contributed by atoms with Crippen LogP contribution in [0.5, 0.6) is 0 Å². The van der Waals surface area contributed by atoms with Crippen molar-refractivity contribution in [1.29, 1.82) is 0 Å². The lowest BCUT2D eigenvalue weighted by Crippen LogP contribution is -3.00. The average molecular weight is 791 g/mol. The summed E-state index contributed by atoms with van der Waals surface area (Å²) in [5.74, 6) is 0. The van der Waals surface area contributed by atoms with E-state index in [1.54, 1.807) is 0 Å². The fourth-order valence-corrected chi connectivity index (χ4v) is 10.8. The van der Waals surface area contributed by atoms with Crippen LogP contribution in [-0.4, -0.2) is 0 Å². The Balaban J connectivity index is 0.00000324. The highest BCUT2D eigenvalue weighted by Crippen LogP contribution is 2.69. The first-order chi connectivity index (χ1) is 15.9. The van der Waals surface area contributed by atoms with E-state index in [-0.39, 0.29) is 17.0 Å². The van der Waals surface area contributed by atoms with E-state index in [1.807, 2.05) is 0 Å². The minimum Gasteiger partial charge on any atom is -1.00 e. The second-order valence-corrected chi connectivity index (χ2v) is 16.1. The Morgan fingerprint density at radius 2 is 0.647 bits per heavy atom. The zero-order valence-electron chi connectivity index (χ0n) is 18.4. The van der Waals surface area contributed by atoms with E-state index in [9.17, 15) is 0 Å². The van der Waals surface area contributed by atoms with Gasteiger partial charge in [-0.3, -0.25) is 0 Å². The molecule has 0 aliphatic carbocycles. The Bertz CT molecular complexity index is 1050. The van der Waals surface area contributed by atoms with E-state index in [4.69, 9.17) is 0 Å². The van der Waals surface area contributed by atoms with Crippen LogP contribution in [0.2, 0.25) is 0 Å². The van der Waals surface area contributed by atoms with E-state index >= 15 is 0 Å². The third-order valence-electron chi connectivity index (χ3n) is 5.63. The maximum absolute atomic E-state index is 3.69. The quantitative estimate of drug-likeness (QED) is 0.160. The molecular formula is C28H24Br5P. The lowest BCUT2D eigenvalue weighted by atomic mass is 10.2. The molecule has 176 valence electrons. The maximum atomic E-state index is 3.69. The molecule has 0 aliphatic rings. The molecule has 0 aromatic heterocycles. The van der Waals surface area contributed by atoms with E-state index in [0.717, 1.165) is 42.5 Å². The highest BCUT2D eigenvalue weighted by Gasteiger charge is 2.39. The van der Waals surface area contributed by atoms with Crippen molar-refractivity contribution < 1.29 is 17.0 Å². The van der Waals surface area contributed by atoms with Crippen molar-refractivity contribution in [3.8, 4) is 0 Å². The fraction of sp³-hybridized carbons (Fsp3) is 0.143. The summed E-state index contributed by atoms with van der Waals surface area (Å²) in [6.45, 7) is 0. The number of halogens is 5. The van der Waals surface area contributed by atoms with Crippen molar-refractivity contribution in [3.63, 3.8) is 0 Å². The Kier molecular flexibility index (Phi) is 11.1. The van der Waals surface area contributed by atoms with E-state index in [1.165, 1.54) is 22.3 Å². The minimum atomic E-state index is -1.55. The van der Waals surface area contributed by atoms with Crippen LogP contribution in [0.1, 0.15) is 22.3 Å². The first-order valence-corrected chi connectivity index (χ1v) is 16.4. The van der Waals surface area contributed by atoms with E-state index < -0.39 is 7.26 Å². The molecule has 0 unspecified atom stereocenters. The summed E-state index contributed by atoms with van der Waals surface area (Å²) in [7, 11) is -1.55. The van der Waals surface area contributed by atoms with Gasteiger partial charge in [-0.1, -0.05) is 112 Å². The van der Waals surface area contributed by atoms with Crippen LogP contribution in [0.4, 0.5) is 0 Å². The molecule has 0 radical (unpaired) electrons. The van der Waals surface area contributed by atoms with Crippen LogP contribution in [0, 0.1) is 0 Å². The van der Waals surface area contributed by atoms with Gasteiger partial charge in [0.15, 0.2) is 0 Å². The third-order valence-corrected chi connectivity index (χ3v) is 11.7. The fourth-order valence-electron chi connectivity index (χ4n) is 4.43. The smallest absolute Gasteiger partial charge is 0.0853 e. The first kappa shape index (κ1) is 28.3. The average Bonchev–Trinajstić information content (AvgIpc) is 2.73. The Hall–Kier alpha value is -0.290. The van der Waals surface area contributed by atoms with Gasteiger partial charge in [-0.25, -0.2) is 0 Å². The molecule has 0 aliphatic heterocycles. The lowest BCUT2D eigenvalue weighted by molar-refractivity contribution is -0.00000634. The molecule has 6 heteroatoms. The van der Waals surface area contributed by atoms with Crippen molar-refractivity contribution in [1.82, 2.24) is 0 Å². The van der Waals surface area contributed by atoms with Crippen molar-refractivity contribution in [2.24, 2.45) is 0 Å². The molecule has 34 heavy (non-hydrogen) atoms. The van der Waals surface area contributed by atoms with Gasteiger partial charge >= 0.3 is 0 Å². The van der Waals surface area contributed by atoms with Gasteiger partial charge in [-0.05, 0) is 70.8 Å². The van der Waals surface area contributed by atoms with Crippen LogP contribution < -0.4 is 17.0 Å². The van der Waals surface area contributed by atoms with Gasteiger partial charge in [-0.2, -0.15) is 0 Å². The summed E-state index contributed by atoms with van der Waals surface area (Å²) >= 11 is 14.8. The molecule has 4 aromatic carbocycles. The second-order valence-electron chi connectivity index (χ2n) is 8.49. The van der Waals surface area contributed by atoms with Crippen LogP contribution in [-0.2, 0) is 24.6 Å². The first-order valence-electron chi connectivity index (χ1n) is 10.7. The summed E-state index contributed by atoms with van der Waals surface area (Å²) in [6, 6.07) is 35.4. The Labute approximate surface area is 247 Å². The van der Waals surface area contributed by atoms with Crippen molar-refractivity contribution in [2.45, 2.75) is 24.6 Å². The summed E-state index contributed by atoms with van der Waals surface area (Å²) in [6.07, 6.45) is 4.38. The minimum absolute atomic E-state index is 0. The van der Waals surface area contributed by atoms with Gasteiger partial charge in [0.25, 0.3) is 0 Å². The normalized spacial score (nSPS) is 11.2. The molecule has 0 nitrogen and oxygen atoms in total. The van der Waals surface area contributed by atoms with E-state index in [2.05, 4.69) is 161 Å².